The lowest BCUT2D eigenvalue weighted by atomic mass is 10.2. The highest BCUT2D eigenvalue weighted by atomic mass is 79.9. The van der Waals surface area contributed by atoms with Gasteiger partial charge in [0.05, 0.1) is 0 Å². The molecule has 1 heterocycles. The standard InChI is InChI=1S/C20H21BrN4/c1-3-25(14-16-7-5-4-6-8-16)19-11-12-22-20(24-19)23-18-10-9-17(21)13-15(18)2/h4-13H,3,14H2,1-2H3,(H,22,23,24). The van der Waals surface area contributed by atoms with Gasteiger partial charge < -0.3 is 10.2 Å². The number of benzene rings is 2. The number of aryl methyl sites for hydroxylation is 1. The van der Waals surface area contributed by atoms with Crippen molar-refractivity contribution in [3.63, 3.8) is 0 Å². The second-order valence-corrected chi connectivity index (χ2v) is 6.74. The number of rotatable bonds is 6. The van der Waals surface area contributed by atoms with Crippen LogP contribution in [0.3, 0.4) is 0 Å². The molecule has 0 radical (unpaired) electrons. The highest BCUT2D eigenvalue weighted by Crippen LogP contribution is 2.23. The number of nitrogens with zero attached hydrogens (tertiary/aromatic N) is 3. The van der Waals surface area contributed by atoms with Crippen molar-refractivity contribution in [3.05, 3.63) is 76.4 Å². The van der Waals surface area contributed by atoms with Crippen LogP contribution in [0.5, 0.6) is 0 Å². The predicted octanol–water partition coefficient (Wildman–Crippen LogP) is 5.32. The second kappa shape index (κ2) is 8.12. The van der Waals surface area contributed by atoms with Crippen molar-refractivity contribution < 1.29 is 0 Å². The third-order valence-corrected chi connectivity index (χ3v) is 4.49. The van der Waals surface area contributed by atoms with E-state index in [1.165, 1.54) is 5.56 Å². The molecule has 0 saturated heterocycles. The van der Waals surface area contributed by atoms with Gasteiger partial charge in [-0.15, -0.1) is 0 Å². The summed E-state index contributed by atoms with van der Waals surface area (Å²) in [6.07, 6.45) is 1.80. The Bertz CT molecular complexity index is 836. The molecular weight excluding hydrogens is 376 g/mol. The molecule has 0 bridgehead atoms. The van der Waals surface area contributed by atoms with Crippen molar-refractivity contribution in [2.45, 2.75) is 20.4 Å². The van der Waals surface area contributed by atoms with Crippen molar-refractivity contribution in [2.75, 3.05) is 16.8 Å². The molecule has 128 valence electrons. The minimum Gasteiger partial charge on any atom is -0.352 e. The molecule has 1 aromatic heterocycles. The number of halogens is 1. The Balaban J connectivity index is 1.80. The molecule has 0 aliphatic carbocycles. The highest BCUT2D eigenvalue weighted by molar-refractivity contribution is 9.10. The van der Waals surface area contributed by atoms with Crippen molar-refractivity contribution >= 4 is 33.4 Å². The van der Waals surface area contributed by atoms with Crippen molar-refractivity contribution in [3.8, 4) is 0 Å². The van der Waals surface area contributed by atoms with Crippen LogP contribution in [-0.2, 0) is 6.54 Å². The molecule has 5 heteroatoms. The Labute approximate surface area is 157 Å². The Morgan fingerprint density at radius 2 is 1.88 bits per heavy atom. The molecule has 0 atom stereocenters. The van der Waals surface area contributed by atoms with Crippen molar-refractivity contribution in [2.24, 2.45) is 0 Å². The number of hydrogen-bond donors (Lipinski definition) is 1. The average molecular weight is 397 g/mol. The first-order chi connectivity index (χ1) is 12.2. The second-order valence-electron chi connectivity index (χ2n) is 5.82. The Hall–Kier alpha value is -2.40. The molecule has 4 nitrogen and oxygen atoms in total. The van der Waals surface area contributed by atoms with Gasteiger partial charge in [-0.1, -0.05) is 46.3 Å². The van der Waals surface area contributed by atoms with Crippen LogP contribution in [0, 0.1) is 6.92 Å². The maximum atomic E-state index is 4.69. The molecule has 0 spiro atoms. The van der Waals surface area contributed by atoms with Gasteiger partial charge in [-0.05, 0) is 49.2 Å². The SMILES string of the molecule is CCN(Cc1ccccc1)c1ccnc(Nc2ccc(Br)cc2C)n1. The maximum Gasteiger partial charge on any atom is 0.229 e. The lowest BCUT2D eigenvalue weighted by Crippen LogP contribution is -2.23. The maximum absolute atomic E-state index is 4.69. The Morgan fingerprint density at radius 3 is 2.60 bits per heavy atom. The van der Waals surface area contributed by atoms with Crippen LogP contribution in [0.2, 0.25) is 0 Å². The molecular formula is C20H21BrN4. The van der Waals surface area contributed by atoms with Crippen LogP contribution in [0.1, 0.15) is 18.1 Å². The summed E-state index contributed by atoms with van der Waals surface area (Å²) in [7, 11) is 0. The topological polar surface area (TPSA) is 41.1 Å². The summed E-state index contributed by atoms with van der Waals surface area (Å²) in [5, 5.41) is 3.31. The van der Waals surface area contributed by atoms with Crippen LogP contribution < -0.4 is 10.2 Å². The summed E-state index contributed by atoms with van der Waals surface area (Å²) in [5.41, 5.74) is 3.41. The average Bonchev–Trinajstić information content (AvgIpc) is 2.63. The zero-order valence-electron chi connectivity index (χ0n) is 14.4. The number of aromatic nitrogens is 2. The molecule has 2 aromatic carbocycles. The smallest absolute Gasteiger partial charge is 0.229 e. The van der Waals surface area contributed by atoms with Gasteiger partial charge in [-0.3, -0.25) is 0 Å². The van der Waals surface area contributed by atoms with Crippen molar-refractivity contribution in [1.29, 1.82) is 0 Å². The van der Waals surface area contributed by atoms with Gasteiger partial charge >= 0.3 is 0 Å². The van der Waals surface area contributed by atoms with Gasteiger partial charge in [0, 0.05) is 29.4 Å². The first-order valence-corrected chi connectivity index (χ1v) is 9.10. The highest BCUT2D eigenvalue weighted by Gasteiger charge is 2.09. The lowest BCUT2D eigenvalue weighted by molar-refractivity contribution is 0.811. The summed E-state index contributed by atoms with van der Waals surface area (Å²) in [6, 6.07) is 18.5. The molecule has 0 unspecified atom stereocenters. The molecule has 1 N–H and O–H groups in total. The minimum atomic E-state index is 0.606. The fourth-order valence-corrected chi connectivity index (χ4v) is 3.11. The fourth-order valence-electron chi connectivity index (χ4n) is 2.63. The van der Waals surface area contributed by atoms with Gasteiger partial charge in [-0.2, -0.15) is 4.98 Å². The van der Waals surface area contributed by atoms with Crippen LogP contribution >= 0.6 is 15.9 Å². The molecule has 0 amide bonds. The molecule has 0 fully saturated rings. The fraction of sp³-hybridized carbons (Fsp3) is 0.200. The summed E-state index contributed by atoms with van der Waals surface area (Å²) in [6.45, 7) is 5.90. The quantitative estimate of drug-likeness (QED) is 0.612. The molecule has 0 aliphatic rings. The van der Waals surface area contributed by atoms with E-state index < -0.39 is 0 Å². The van der Waals surface area contributed by atoms with Gasteiger partial charge in [0.2, 0.25) is 5.95 Å². The van der Waals surface area contributed by atoms with E-state index in [-0.39, 0.29) is 0 Å². The lowest BCUT2D eigenvalue weighted by Gasteiger charge is -2.22. The molecule has 0 saturated carbocycles. The van der Waals surface area contributed by atoms with E-state index in [2.05, 4.69) is 75.3 Å². The van der Waals surface area contributed by atoms with Gasteiger partial charge in [0.15, 0.2) is 0 Å². The zero-order chi connectivity index (χ0) is 17.6. The van der Waals surface area contributed by atoms with E-state index in [1.54, 1.807) is 6.20 Å². The van der Waals surface area contributed by atoms with Gasteiger partial charge in [0.1, 0.15) is 5.82 Å². The summed E-state index contributed by atoms with van der Waals surface area (Å²) in [5.74, 6) is 1.52. The molecule has 3 rings (SSSR count). The normalized spacial score (nSPS) is 10.5. The summed E-state index contributed by atoms with van der Waals surface area (Å²) in [4.78, 5) is 11.3. The first-order valence-electron chi connectivity index (χ1n) is 8.31. The molecule has 0 aliphatic heterocycles. The Kier molecular flexibility index (Phi) is 5.66. The predicted molar refractivity (Wildman–Crippen MR) is 107 cm³/mol. The van der Waals surface area contributed by atoms with Crippen molar-refractivity contribution in [1.82, 2.24) is 9.97 Å². The first kappa shape index (κ1) is 17.4. The molecule has 3 aromatic rings. The van der Waals surface area contributed by atoms with Crippen LogP contribution in [0.15, 0.2) is 65.3 Å². The molecule has 25 heavy (non-hydrogen) atoms. The number of hydrogen-bond acceptors (Lipinski definition) is 4. The van der Waals surface area contributed by atoms with E-state index in [0.29, 0.717) is 5.95 Å². The minimum absolute atomic E-state index is 0.606. The van der Waals surface area contributed by atoms with E-state index in [9.17, 15) is 0 Å². The van der Waals surface area contributed by atoms with Gasteiger partial charge in [0.25, 0.3) is 0 Å². The van der Waals surface area contributed by atoms with Crippen LogP contribution in [-0.4, -0.2) is 16.5 Å². The van der Waals surface area contributed by atoms with Crippen LogP contribution in [0.25, 0.3) is 0 Å². The van der Waals surface area contributed by atoms with Crippen LogP contribution in [0.4, 0.5) is 17.5 Å². The summed E-state index contributed by atoms with van der Waals surface area (Å²) >= 11 is 3.49. The van der Waals surface area contributed by atoms with E-state index >= 15 is 0 Å². The van der Waals surface area contributed by atoms with Gasteiger partial charge in [-0.25, -0.2) is 4.98 Å². The van der Waals surface area contributed by atoms with E-state index in [4.69, 9.17) is 4.98 Å². The largest absolute Gasteiger partial charge is 0.352 e. The summed E-state index contributed by atoms with van der Waals surface area (Å²) < 4.78 is 1.06. The number of nitrogens with one attached hydrogen (secondary N) is 1. The third kappa shape index (κ3) is 4.57. The Morgan fingerprint density at radius 1 is 1.08 bits per heavy atom. The van der Waals surface area contributed by atoms with E-state index in [1.807, 2.05) is 24.3 Å². The third-order valence-electron chi connectivity index (χ3n) is 4.00. The monoisotopic (exact) mass is 396 g/mol. The van der Waals surface area contributed by atoms with E-state index in [0.717, 1.165) is 34.6 Å². The zero-order valence-corrected chi connectivity index (χ0v) is 16.0. The number of anilines is 3.